The number of hydrogen-bond donors (Lipinski definition) is 2. The van der Waals surface area contributed by atoms with Crippen LogP contribution >= 0.6 is 0 Å². The quantitative estimate of drug-likeness (QED) is 0.369. The van der Waals surface area contributed by atoms with Crippen LogP contribution in [0.2, 0.25) is 0 Å². The molecular formula is C25H24N4O4S. The van der Waals surface area contributed by atoms with Gasteiger partial charge in [-0.2, -0.15) is 5.10 Å². The van der Waals surface area contributed by atoms with Gasteiger partial charge in [-0.1, -0.05) is 36.4 Å². The van der Waals surface area contributed by atoms with Crippen LogP contribution < -0.4 is 14.8 Å². The Morgan fingerprint density at radius 2 is 1.74 bits per heavy atom. The van der Waals surface area contributed by atoms with Gasteiger partial charge in [0.25, 0.3) is 15.9 Å². The first-order chi connectivity index (χ1) is 16.4. The molecule has 3 aromatic carbocycles. The zero-order valence-corrected chi connectivity index (χ0v) is 19.3. The van der Waals surface area contributed by atoms with Crippen LogP contribution in [0.5, 0.6) is 5.75 Å². The predicted molar refractivity (Wildman–Crippen MR) is 130 cm³/mol. The normalized spacial score (nSPS) is 11.1. The van der Waals surface area contributed by atoms with Crippen molar-refractivity contribution in [1.82, 2.24) is 9.78 Å². The average molecular weight is 477 g/mol. The van der Waals surface area contributed by atoms with Crippen molar-refractivity contribution in [2.75, 3.05) is 10.0 Å². The van der Waals surface area contributed by atoms with E-state index >= 15 is 0 Å². The van der Waals surface area contributed by atoms with Gasteiger partial charge in [-0.25, -0.2) is 8.42 Å². The molecule has 0 aliphatic heterocycles. The predicted octanol–water partition coefficient (Wildman–Crippen LogP) is 4.54. The van der Waals surface area contributed by atoms with E-state index in [0.29, 0.717) is 30.3 Å². The fourth-order valence-electron chi connectivity index (χ4n) is 3.18. The largest absolute Gasteiger partial charge is 0.489 e. The summed E-state index contributed by atoms with van der Waals surface area (Å²) in [5.74, 6) is 0.199. The van der Waals surface area contributed by atoms with Gasteiger partial charge in [0.15, 0.2) is 0 Å². The van der Waals surface area contributed by atoms with E-state index in [1.54, 1.807) is 41.2 Å². The number of benzene rings is 3. The lowest BCUT2D eigenvalue weighted by Crippen LogP contribution is -2.15. The van der Waals surface area contributed by atoms with Crippen molar-refractivity contribution in [3.8, 4) is 5.75 Å². The van der Waals surface area contributed by atoms with E-state index in [4.69, 9.17) is 4.74 Å². The molecule has 0 aliphatic carbocycles. The van der Waals surface area contributed by atoms with E-state index in [1.165, 1.54) is 24.4 Å². The summed E-state index contributed by atoms with van der Waals surface area (Å²) in [5, 5.41) is 6.83. The first-order valence-electron chi connectivity index (χ1n) is 10.7. The van der Waals surface area contributed by atoms with E-state index in [1.807, 2.05) is 37.3 Å². The van der Waals surface area contributed by atoms with Gasteiger partial charge in [0.2, 0.25) is 0 Å². The maximum absolute atomic E-state index is 12.9. The second kappa shape index (κ2) is 10.2. The Balaban J connectivity index is 1.41. The fraction of sp³-hybridized carbons (Fsp3) is 0.120. The standard InChI is InChI=1S/C25H24N4O4S/c1-2-29-17-22(16-26-29)27-25(30)20-9-6-10-24(15-20)34(31,32)28-21-11-13-23(14-12-21)33-18-19-7-4-3-5-8-19/h3-17,28H,2,18H2,1H3,(H,27,30). The van der Waals surface area contributed by atoms with Gasteiger partial charge in [0.05, 0.1) is 16.8 Å². The number of carbonyl (C=O) groups excluding carboxylic acids is 1. The number of aromatic nitrogens is 2. The molecule has 34 heavy (non-hydrogen) atoms. The first-order valence-corrected chi connectivity index (χ1v) is 12.1. The van der Waals surface area contributed by atoms with Crippen LogP contribution in [0.3, 0.4) is 0 Å². The molecule has 4 aromatic rings. The Kier molecular flexibility index (Phi) is 6.93. The number of ether oxygens (including phenoxy) is 1. The Hall–Kier alpha value is -4.11. The third-order valence-corrected chi connectivity index (χ3v) is 6.36. The van der Waals surface area contributed by atoms with Crippen molar-refractivity contribution in [3.63, 3.8) is 0 Å². The summed E-state index contributed by atoms with van der Waals surface area (Å²) in [7, 11) is -3.90. The fourth-order valence-corrected chi connectivity index (χ4v) is 4.29. The highest BCUT2D eigenvalue weighted by molar-refractivity contribution is 7.92. The smallest absolute Gasteiger partial charge is 0.261 e. The van der Waals surface area contributed by atoms with Crippen molar-refractivity contribution < 1.29 is 17.9 Å². The summed E-state index contributed by atoms with van der Waals surface area (Å²) in [4.78, 5) is 12.6. The lowest BCUT2D eigenvalue weighted by molar-refractivity contribution is 0.102. The minimum atomic E-state index is -3.90. The lowest BCUT2D eigenvalue weighted by atomic mass is 10.2. The molecule has 1 amide bonds. The lowest BCUT2D eigenvalue weighted by Gasteiger charge is -2.11. The SMILES string of the molecule is CCn1cc(NC(=O)c2cccc(S(=O)(=O)Nc3ccc(OCc4ccccc4)cc3)c2)cn1. The molecule has 2 N–H and O–H groups in total. The van der Waals surface area contributed by atoms with Crippen molar-refractivity contribution in [2.45, 2.75) is 25.0 Å². The number of rotatable bonds is 9. The number of hydrogen-bond acceptors (Lipinski definition) is 5. The van der Waals surface area contributed by atoms with Crippen LogP contribution in [-0.2, 0) is 23.2 Å². The molecule has 0 saturated carbocycles. The van der Waals surface area contributed by atoms with Crippen LogP contribution in [0.4, 0.5) is 11.4 Å². The highest BCUT2D eigenvalue weighted by Gasteiger charge is 2.17. The second-order valence-electron chi connectivity index (χ2n) is 7.47. The topological polar surface area (TPSA) is 102 Å². The Labute approximate surface area is 198 Å². The Morgan fingerprint density at radius 3 is 2.44 bits per heavy atom. The molecule has 1 aromatic heterocycles. The molecule has 8 nitrogen and oxygen atoms in total. The highest BCUT2D eigenvalue weighted by Crippen LogP contribution is 2.21. The summed E-state index contributed by atoms with van der Waals surface area (Å²) in [6.07, 6.45) is 3.24. The number of amides is 1. The van der Waals surface area contributed by atoms with E-state index in [2.05, 4.69) is 15.1 Å². The van der Waals surface area contributed by atoms with Crippen LogP contribution in [0.1, 0.15) is 22.8 Å². The molecule has 0 unspecified atom stereocenters. The van der Waals surface area contributed by atoms with Crippen molar-refractivity contribution in [1.29, 1.82) is 0 Å². The number of sulfonamides is 1. The molecule has 0 bridgehead atoms. The number of anilines is 2. The van der Waals surface area contributed by atoms with Gasteiger partial charge in [-0.15, -0.1) is 0 Å². The minimum Gasteiger partial charge on any atom is -0.489 e. The van der Waals surface area contributed by atoms with E-state index < -0.39 is 15.9 Å². The zero-order valence-electron chi connectivity index (χ0n) is 18.5. The molecule has 0 fully saturated rings. The van der Waals surface area contributed by atoms with Crippen LogP contribution in [0, 0.1) is 0 Å². The Bertz CT molecular complexity index is 1370. The van der Waals surface area contributed by atoms with E-state index in [-0.39, 0.29) is 10.5 Å². The van der Waals surface area contributed by atoms with Crippen LogP contribution in [-0.4, -0.2) is 24.1 Å². The molecule has 0 spiro atoms. The van der Waals surface area contributed by atoms with Crippen molar-refractivity contribution in [2.24, 2.45) is 0 Å². The van der Waals surface area contributed by atoms with Crippen molar-refractivity contribution >= 4 is 27.3 Å². The van der Waals surface area contributed by atoms with Crippen LogP contribution in [0.15, 0.2) is 96.2 Å². The number of aryl methyl sites for hydroxylation is 1. The Morgan fingerprint density at radius 1 is 0.971 bits per heavy atom. The molecule has 0 aliphatic rings. The maximum Gasteiger partial charge on any atom is 0.261 e. The maximum atomic E-state index is 12.9. The first kappa shape index (κ1) is 23.1. The van der Waals surface area contributed by atoms with Crippen molar-refractivity contribution in [3.05, 3.63) is 102 Å². The minimum absolute atomic E-state index is 0.0196. The number of nitrogens with zero attached hydrogens (tertiary/aromatic N) is 2. The summed E-state index contributed by atoms with van der Waals surface area (Å²) in [6, 6.07) is 22.2. The second-order valence-corrected chi connectivity index (χ2v) is 9.15. The highest BCUT2D eigenvalue weighted by atomic mass is 32.2. The van der Waals surface area contributed by atoms with Gasteiger partial charge in [-0.3, -0.25) is 14.2 Å². The zero-order chi connectivity index (χ0) is 24.0. The monoisotopic (exact) mass is 476 g/mol. The molecule has 0 radical (unpaired) electrons. The molecule has 9 heteroatoms. The molecule has 4 rings (SSSR count). The third kappa shape index (κ3) is 5.81. The molecule has 0 saturated heterocycles. The third-order valence-electron chi connectivity index (χ3n) is 4.98. The molecule has 174 valence electrons. The van der Waals surface area contributed by atoms with Crippen LogP contribution in [0.25, 0.3) is 0 Å². The van der Waals surface area contributed by atoms with Gasteiger partial charge < -0.3 is 10.1 Å². The summed E-state index contributed by atoms with van der Waals surface area (Å²) in [5.41, 5.74) is 2.17. The number of carbonyl (C=O) groups is 1. The average Bonchev–Trinajstić information content (AvgIpc) is 3.32. The number of nitrogens with one attached hydrogen (secondary N) is 2. The molecular weight excluding hydrogens is 452 g/mol. The summed E-state index contributed by atoms with van der Waals surface area (Å²) >= 11 is 0. The summed E-state index contributed by atoms with van der Waals surface area (Å²) in [6.45, 7) is 3.03. The van der Waals surface area contributed by atoms with Gasteiger partial charge in [0, 0.05) is 24.0 Å². The van der Waals surface area contributed by atoms with E-state index in [0.717, 1.165) is 5.56 Å². The molecule has 1 heterocycles. The van der Waals surface area contributed by atoms with E-state index in [9.17, 15) is 13.2 Å². The molecule has 0 atom stereocenters. The van der Waals surface area contributed by atoms with Gasteiger partial charge in [-0.05, 0) is 55.0 Å². The summed E-state index contributed by atoms with van der Waals surface area (Å²) < 4.78 is 35.7. The van der Waals surface area contributed by atoms with Gasteiger partial charge in [0.1, 0.15) is 12.4 Å². The van der Waals surface area contributed by atoms with Gasteiger partial charge >= 0.3 is 0 Å².